The van der Waals surface area contributed by atoms with Gasteiger partial charge < -0.3 is 10.0 Å². The van der Waals surface area contributed by atoms with Gasteiger partial charge in [0.2, 0.25) is 5.91 Å². The van der Waals surface area contributed by atoms with Gasteiger partial charge in [0, 0.05) is 26.9 Å². The number of carbonyl (C=O) groups excluding carboxylic acids is 1. The number of amides is 1. The largest absolute Gasteiger partial charge is 0.481 e. The molecule has 0 saturated heterocycles. The minimum atomic E-state index is -0.728. The highest BCUT2D eigenvalue weighted by molar-refractivity contribution is 5.75. The summed E-state index contributed by atoms with van der Waals surface area (Å²) in [5.41, 5.74) is 0. The number of hydrogen-bond acceptors (Lipinski definition) is 2. The van der Waals surface area contributed by atoms with Crippen molar-refractivity contribution in [3.63, 3.8) is 0 Å². The maximum absolute atomic E-state index is 11.3. The fourth-order valence-corrected chi connectivity index (χ4v) is 1.55. The Morgan fingerprint density at radius 3 is 2.11 bits per heavy atom. The summed E-state index contributed by atoms with van der Waals surface area (Å²) >= 11 is 0. The first-order chi connectivity index (χ1) is 8.54. The van der Waals surface area contributed by atoms with Gasteiger partial charge in [-0.2, -0.15) is 0 Å². The van der Waals surface area contributed by atoms with Crippen LogP contribution in [0.3, 0.4) is 0 Å². The molecule has 18 heavy (non-hydrogen) atoms. The van der Waals surface area contributed by atoms with Crippen molar-refractivity contribution in [1.82, 2.24) is 4.90 Å². The van der Waals surface area contributed by atoms with E-state index < -0.39 is 5.97 Å². The molecular weight excluding hydrogens is 230 g/mol. The number of rotatable bonds is 10. The van der Waals surface area contributed by atoms with Gasteiger partial charge in [0.25, 0.3) is 0 Å². The first-order valence-corrected chi connectivity index (χ1v) is 6.61. The van der Waals surface area contributed by atoms with Crippen molar-refractivity contribution in [2.24, 2.45) is 0 Å². The highest BCUT2D eigenvalue weighted by atomic mass is 16.4. The van der Waals surface area contributed by atoms with Crippen LogP contribution in [0.2, 0.25) is 0 Å². The van der Waals surface area contributed by atoms with Crippen molar-refractivity contribution in [2.45, 2.75) is 51.4 Å². The summed E-state index contributed by atoms with van der Waals surface area (Å²) in [6, 6.07) is 0. The third-order valence-corrected chi connectivity index (χ3v) is 2.69. The molecule has 0 aliphatic rings. The molecule has 1 amide bonds. The summed E-state index contributed by atoms with van der Waals surface area (Å²) in [5.74, 6) is -0.534. The van der Waals surface area contributed by atoms with E-state index in [4.69, 9.17) is 5.11 Å². The average Bonchev–Trinajstić information content (AvgIpc) is 2.30. The SMILES string of the molecule is CN(C)C(=O)CCCCC/C=C\CCCC(=O)O. The van der Waals surface area contributed by atoms with Crippen LogP contribution in [-0.4, -0.2) is 36.0 Å². The van der Waals surface area contributed by atoms with Gasteiger partial charge in [-0.05, 0) is 32.1 Å². The summed E-state index contributed by atoms with van der Waals surface area (Å²) in [4.78, 5) is 23.2. The van der Waals surface area contributed by atoms with E-state index >= 15 is 0 Å². The average molecular weight is 255 g/mol. The molecule has 0 radical (unpaired) electrons. The lowest BCUT2D eigenvalue weighted by atomic mass is 10.1. The van der Waals surface area contributed by atoms with Crippen molar-refractivity contribution in [2.75, 3.05) is 14.1 Å². The molecule has 104 valence electrons. The van der Waals surface area contributed by atoms with Gasteiger partial charge in [0.1, 0.15) is 0 Å². The second-order valence-corrected chi connectivity index (χ2v) is 4.64. The molecule has 0 saturated carbocycles. The van der Waals surface area contributed by atoms with Crippen LogP contribution in [0.25, 0.3) is 0 Å². The maximum atomic E-state index is 11.3. The number of aliphatic carboxylic acids is 1. The molecule has 0 heterocycles. The first kappa shape index (κ1) is 16.7. The molecule has 0 fully saturated rings. The van der Waals surface area contributed by atoms with Crippen molar-refractivity contribution in [1.29, 1.82) is 0 Å². The Morgan fingerprint density at radius 1 is 0.944 bits per heavy atom. The Kier molecular flexibility index (Phi) is 10.0. The Bertz CT molecular complexity index is 272. The molecule has 4 nitrogen and oxygen atoms in total. The van der Waals surface area contributed by atoms with Crippen LogP contribution in [0, 0.1) is 0 Å². The third kappa shape index (κ3) is 11.2. The first-order valence-electron chi connectivity index (χ1n) is 6.61. The predicted octanol–water partition coefficient (Wildman–Crippen LogP) is 2.84. The molecule has 0 unspecified atom stereocenters. The van der Waals surface area contributed by atoms with Crippen LogP contribution in [0.1, 0.15) is 51.4 Å². The van der Waals surface area contributed by atoms with Crippen molar-refractivity contribution in [3.05, 3.63) is 12.2 Å². The number of unbranched alkanes of at least 4 members (excludes halogenated alkanes) is 4. The van der Waals surface area contributed by atoms with Crippen LogP contribution >= 0.6 is 0 Å². The minimum absolute atomic E-state index is 0.194. The Morgan fingerprint density at radius 2 is 1.56 bits per heavy atom. The quantitative estimate of drug-likeness (QED) is 0.482. The Balaban J connectivity index is 3.27. The van der Waals surface area contributed by atoms with Crippen molar-refractivity contribution >= 4 is 11.9 Å². The molecular formula is C14H25NO3. The van der Waals surface area contributed by atoms with Crippen LogP contribution in [-0.2, 0) is 9.59 Å². The molecule has 0 bridgehead atoms. The van der Waals surface area contributed by atoms with E-state index in [9.17, 15) is 9.59 Å². The molecule has 0 aromatic rings. The predicted molar refractivity (Wildman–Crippen MR) is 72.4 cm³/mol. The monoisotopic (exact) mass is 255 g/mol. The Hall–Kier alpha value is -1.32. The number of nitrogens with zero attached hydrogens (tertiary/aromatic N) is 1. The van der Waals surface area contributed by atoms with Gasteiger partial charge >= 0.3 is 5.97 Å². The number of allylic oxidation sites excluding steroid dienone is 2. The van der Waals surface area contributed by atoms with E-state index in [-0.39, 0.29) is 12.3 Å². The molecule has 0 rings (SSSR count). The summed E-state index contributed by atoms with van der Waals surface area (Å²) in [5, 5.41) is 8.44. The minimum Gasteiger partial charge on any atom is -0.481 e. The molecule has 0 aliphatic carbocycles. The zero-order valence-corrected chi connectivity index (χ0v) is 11.5. The lowest BCUT2D eigenvalue weighted by Gasteiger charge is -2.09. The van der Waals surface area contributed by atoms with Crippen LogP contribution < -0.4 is 0 Å². The topological polar surface area (TPSA) is 57.6 Å². The zero-order valence-electron chi connectivity index (χ0n) is 11.5. The second kappa shape index (κ2) is 10.8. The van der Waals surface area contributed by atoms with E-state index in [2.05, 4.69) is 6.08 Å². The maximum Gasteiger partial charge on any atom is 0.303 e. The van der Waals surface area contributed by atoms with E-state index in [1.54, 1.807) is 19.0 Å². The van der Waals surface area contributed by atoms with Crippen molar-refractivity contribution < 1.29 is 14.7 Å². The summed E-state index contributed by atoms with van der Waals surface area (Å²) in [6.07, 6.45) is 10.7. The lowest BCUT2D eigenvalue weighted by Crippen LogP contribution is -2.20. The smallest absolute Gasteiger partial charge is 0.303 e. The van der Waals surface area contributed by atoms with Gasteiger partial charge in [0.05, 0.1) is 0 Å². The number of hydrogen-bond donors (Lipinski definition) is 1. The Labute approximate surface area is 110 Å². The molecule has 0 aromatic heterocycles. The summed E-state index contributed by atoms with van der Waals surface area (Å²) in [7, 11) is 3.56. The van der Waals surface area contributed by atoms with Gasteiger partial charge in [-0.3, -0.25) is 9.59 Å². The van der Waals surface area contributed by atoms with E-state index in [1.165, 1.54) is 0 Å². The zero-order chi connectivity index (χ0) is 13.8. The fraction of sp³-hybridized carbons (Fsp3) is 0.714. The van der Waals surface area contributed by atoms with Gasteiger partial charge in [-0.15, -0.1) is 0 Å². The number of carboxylic acids is 1. The molecule has 0 aromatic carbocycles. The molecule has 0 atom stereocenters. The van der Waals surface area contributed by atoms with E-state index in [0.29, 0.717) is 12.8 Å². The lowest BCUT2D eigenvalue weighted by molar-refractivity contribution is -0.137. The summed E-state index contributed by atoms with van der Waals surface area (Å²) < 4.78 is 0. The highest BCUT2D eigenvalue weighted by Crippen LogP contribution is 2.06. The summed E-state index contributed by atoms with van der Waals surface area (Å²) in [6.45, 7) is 0. The normalized spacial score (nSPS) is 10.8. The number of carbonyl (C=O) groups is 2. The van der Waals surface area contributed by atoms with Crippen molar-refractivity contribution in [3.8, 4) is 0 Å². The molecule has 0 aliphatic heterocycles. The number of carboxylic acid groups (broad SMARTS) is 1. The standard InChI is InChI=1S/C14H25NO3/c1-15(2)13(16)11-9-7-5-3-4-6-8-10-12-14(17)18/h4,6H,3,5,7-12H2,1-2H3,(H,17,18)/b6-4-. The van der Waals surface area contributed by atoms with Gasteiger partial charge in [-0.1, -0.05) is 18.6 Å². The molecule has 0 spiro atoms. The van der Waals surface area contributed by atoms with Crippen LogP contribution in [0.15, 0.2) is 12.2 Å². The third-order valence-electron chi connectivity index (χ3n) is 2.69. The highest BCUT2D eigenvalue weighted by Gasteiger charge is 2.01. The fourth-order valence-electron chi connectivity index (χ4n) is 1.55. The van der Waals surface area contributed by atoms with E-state index in [1.807, 2.05) is 6.08 Å². The van der Waals surface area contributed by atoms with Crippen LogP contribution in [0.5, 0.6) is 0 Å². The van der Waals surface area contributed by atoms with Gasteiger partial charge in [-0.25, -0.2) is 0 Å². The van der Waals surface area contributed by atoms with Gasteiger partial charge in [0.15, 0.2) is 0 Å². The van der Waals surface area contributed by atoms with Crippen LogP contribution in [0.4, 0.5) is 0 Å². The van der Waals surface area contributed by atoms with E-state index in [0.717, 1.165) is 32.1 Å². The molecule has 1 N–H and O–H groups in total. The molecule has 4 heteroatoms. The second-order valence-electron chi connectivity index (χ2n) is 4.64.